The van der Waals surface area contributed by atoms with Gasteiger partial charge in [-0.2, -0.15) is 5.10 Å². The Hall–Kier alpha value is -2.96. The molecule has 158 valence electrons. The summed E-state index contributed by atoms with van der Waals surface area (Å²) in [7, 11) is 0. The number of aryl methyl sites for hydroxylation is 2. The van der Waals surface area contributed by atoms with Gasteiger partial charge >= 0.3 is 0 Å². The summed E-state index contributed by atoms with van der Waals surface area (Å²) in [5.74, 6) is -0.669. The number of aromatic nitrogens is 3. The maximum atomic E-state index is 14.3. The van der Waals surface area contributed by atoms with Gasteiger partial charge in [0.15, 0.2) is 5.65 Å². The first-order chi connectivity index (χ1) is 14.9. The Morgan fingerprint density at radius 3 is 2.55 bits per heavy atom. The number of nitrogens with one attached hydrogen (secondary N) is 1. The molecule has 0 atom stereocenters. The Labute approximate surface area is 188 Å². The van der Waals surface area contributed by atoms with Crippen LogP contribution >= 0.6 is 23.2 Å². The molecule has 5 nitrogen and oxygen atoms in total. The van der Waals surface area contributed by atoms with Gasteiger partial charge in [-0.05, 0) is 43.2 Å². The molecule has 4 rings (SSSR count). The van der Waals surface area contributed by atoms with Gasteiger partial charge in [0.2, 0.25) is 0 Å². The number of halogens is 3. The van der Waals surface area contributed by atoms with E-state index in [-0.39, 0.29) is 24.7 Å². The summed E-state index contributed by atoms with van der Waals surface area (Å²) in [5, 5.41) is 8.15. The summed E-state index contributed by atoms with van der Waals surface area (Å²) in [6.45, 7) is 3.98. The Morgan fingerprint density at radius 2 is 1.81 bits per heavy atom. The third kappa shape index (κ3) is 4.13. The van der Waals surface area contributed by atoms with Crippen LogP contribution in [0.3, 0.4) is 0 Å². The third-order valence-corrected chi connectivity index (χ3v) is 5.99. The molecule has 8 heteroatoms. The van der Waals surface area contributed by atoms with Crippen LogP contribution in [0.2, 0.25) is 10.0 Å². The van der Waals surface area contributed by atoms with Crippen LogP contribution in [0.15, 0.2) is 48.7 Å². The maximum Gasteiger partial charge on any atom is 0.257 e. The molecule has 4 aromatic rings. The topological polar surface area (TPSA) is 59.3 Å². The van der Waals surface area contributed by atoms with E-state index in [4.69, 9.17) is 23.2 Å². The average molecular weight is 457 g/mol. The summed E-state index contributed by atoms with van der Waals surface area (Å²) >= 11 is 12.4. The van der Waals surface area contributed by atoms with Crippen LogP contribution in [0, 0.1) is 19.7 Å². The van der Waals surface area contributed by atoms with Crippen molar-refractivity contribution in [2.75, 3.05) is 0 Å². The standard InChI is InChI=1S/C23H19Cl2FN4O/c1-13-16(10-17-20(25)8-5-9-21(17)26)14(2)30-22(29-13)18(12-28-30)23(31)27-11-15-6-3-4-7-19(15)24/h3-9,12H,10-11H2,1-2H3,(H,27,31). The van der Waals surface area contributed by atoms with Crippen molar-refractivity contribution in [2.24, 2.45) is 0 Å². The molecule has 1 amide bonds. The number of nitrogens with zero attached hydrogens (tertiary/aromatic N) is 3. The van der Waals surface area contributed by atoms with E-state index < -0.39 is 0 Å². The summed E-state index contributed by atoms with van der Waals surface area (Å²) < 4.78 is 15.9. The molecule has 0 unspecified atom stereocenters. The number of amides is 1. The molecule has 0 bridgehead atoms. The predicted octanol–water partition coefficient (Wildman–Crippen LogP) is 5.31. The predicted molar refractivity (Wildman–Crippen MR) is 119 cm³/mol. The fourth-order valence-corrected chi connectivity index (χ4v) is 3.95. The van der Waals surface area contributed by atoms with Crippen LogP contribution < -0.4 is 5.32 Å². The fourth-order valence-electron chi connectivity index (χ4n) is 3.52. The molecule has 2 heterocycles. The molecule has 31 heavy (non-hydrogen) atoms. The molecule has 0 saturated heterocycles. The Bertz CT molecular complexity index is 1280. The molecule has 0 aliphatic heterocycles. The first-order valence-corrected chi connectivity index (χ1v) is 10.4. The molecular formula is C23H19Cl2FN4O. The zero-order valence-corrected chi connectivity index (χ0v) is 18.4. The van der Waals surface area contributed by atoms with Crippen LogP contribution in [0.1, 0.15) is 38.4 Å². The normalized spacial score (nSPS) is 11.1. The van der Waals surface area contributed by atoms with Crippen LogP contribution in [0.5, 0.6) is 0 Å². The van der Waals surface area contributed by atoms with E-state index >= 15 is 0 Å². The number of fused-ring (bicyclic) bond motifs is 1. The summed E-state index contributed by atoms with van der Waals surface area (Å²) in [5.41, 5.74) is 4.28. The summed E-state index contributed by atoms with van der Waals surface area (Å²) in [6, 6.07) is 11.9. The zero-order valence-electron chi connectivity index (χ0n) is 16.9. The van der Waals surface area contributed by atoms with Crippen molar-refractivity contribution < 1.29 is 9.18 Å². The SMILES string of the molecule is Cc1nc2c(C(=O)NCc3ccccc3Cl)cnn2c(C)c1Cc1c(F)cccc1Cl. The smallest absolute Gasteiger partial charge is 0.257 e. The van der Waals surface area contributed by atoms with E-state index in [9.17, 15) is 9.18 Å². The second-order valence-electron chi connectivity index (χ2n) is 7.21. The number of hydrogen-bond acceptors (Lipinski definition) is 3. The van der Waals surface area contributed by atoms with Crippen LogP contribution in [0.25, 0.3) is 5.65 Å². The molecule has 1 N–H and O–H groups in total. The van der Waals surface area contributed by atoms with E-state index in [1.807, 2.05) is 32.0 Å². The highest BCUT2D eigenvalue weighted by Gasteiger charge is 2.20. The number of hydrogen-bond donors (Lipinski definition) is 1. The monoisotopic (exact) mass is 456 g/mol. The molecule has 2 aromatic carbocycles. The Kier molecular flexibility index (Phi) is 5.94. The van der Waals surface area contributed by atoms with E-state index in [0.717, 1.165) is 16.8 Å². The lowest BCUT2D eigenvalue weighted by molar-refractivity contribution is 0.0952. The minimum absolute atomic E-state index is 0.278. The number of benzene rings is 2. The van der Waals surface area contributed by atoms with Crippen LogP contribution in [-0.4, -0.2) is 20.5 Å². The molecular weight excluding hydrogens is 438 g/mol. The van der Waals surface area contributed by atoms with E-state index in [2.05, 4.69) is 15.4 Å². The highest BCUT2D eigenvalue weighted by atomic mass is 35.5. The number of carbonyl (C=O) groups is 1. The van der Waals surface area contributed by atoms with Crippen molar-refractivity contribution >= 4 is 34.8 Å². The number of carbonyl (C=O) groups excluding carboxylic acids is 1. The fraction of sp³-hybridized carbons (Fsp3) is 0.174. The van der Waals surface area contributed by atoms with Crippen molar-refractivity contribution in [1.82, 2.24) is 19.9 Å². The lowest BCUT2D eigenvalue weighted by Crippen LogP contribution is -2.23. The highest BCUT2D eigenvalue weighted by Crippen LogP contribution is 2.26. The van der Waals surface area contributed by atoms with Gasteiger partial charge in [0.1, 0.15) is 11.4 Å². The first-order valence-electron chi connectivity index (χ1n) is 9.65. The molecule has 0 saturated carbocycles. The van der Waals surface area contributed by atoms with Gasteiger partial charge in [-0.25, -0.2) is 13.9 Å². The average Bonchev–Trinajstić information content (AvgIpc) is 3.16. The molecule has 0 spiro atoms. The van der Waals surface area contributed by atoms with Crippen LogP contribution in [0.4, 0.5) is 4.39 Å². The second kappa shape index (κ2) is 8.65. The van der Waals surface area contributed by atoms with Crippen molar-refractivity contribution in [2.45, 2.75) is 26.8 Å². The Morgan fingerprint density at radius 1 is 1.06 bits per heavy atom. The van der Waals surface area contributed by atoms with Gasteiger partial charge in [-0.1, -0.05) is 47.5 Å². The lowest BCUT2D eigenvalue weighted by Gasteiger charge is -2.13. The highest BCUT2D eigenvalue weighted by molar-refractivity contribution is 6.31. The minimum Gasteiger partial charge on any atom is -0.348 e. The van der Waals surface area contributed by atoms with Crippen molar-refractivity contribution in [3.8, 4) is 0 Å². The largest absolute Gasteiger partial charge is 0.348 e. The number of rotatable bonds is 5. The van der Waals surface area contributed by atoms with Gasteiger partial charge in [0.05, 0.1) is 6.20 Å². The van der Waals surface area contributed by atoms with E-state index in [1.54, 1.807) is 22.7 Å². The maximum absolute atomic E-state index is 14.3. The summed E-state index contributed by atoms with van der Waals surface area (Å²) in [4.78, 5) is 17.4. The molecule has 0 aliphatic rings. The Balaban J connectivity index is 1.65. The quantitative estimate of drug-likeness (QED) is 0.442. The van der Waals surface area contributed by atoms with E-state index in [1.165, 1.54) is 12.3 Å². The van der Waals surface area contributed by atoms with E-state index in [0.29, 0.717) is 32.5 Å². The van der Waals surface area contributed by atoms with Crippen LogP contribution in [-0.2, 0) is 13.0 Å². The zero-order chi connectivity index (χ0) is 22.1. The molecule has 0 fully saturated rings. The second-order valence-corrected chi connectivity index (χ2v) is 8.02. The molecule has 0 radical (unpaired) electrons. The lowest BCUT2D eigenvalue weighted by atomic mass is 10.0. The van der Waals surface area contributed by atoms with Gasteiger partial charge in [0.25, 0.3) is 5.91 Å². The minimum atomic E-state index is -0.369. The van der Waals surface area contributed by atoms with Gasteiger partial charge in [-0.3, -0.25) is 4.79 Å². The van der Waals surface area contributed by atoms with Crippen molar-refractivity contribution in [3.63, 3.8) is 0 Å². The van der Waals surface area contributed by atoms with Crippen molar-refractivity contribution in [3.05, 3.63) is 98.2 Å². The van der Waals surface area contributed by atoms with Gasteiger partial charge < -0.3 is 5.32 Å². The van der Waals surface area contributed by atoms with Crippen molar-refractivity contribution in [1.29, 1.82) is 0 Å². The van der Waals surface area contributed by atoms with Gasteiger partial charge in [-0.15, -0.1) is 0 Å². The summed E-state index contributed by atoms with van der Waals surface area (Å²) in [6.07, 6.45) is 1.76. The first kappa shape index (κ1) is 21.3. The molecule has 0 aliphatic carbocycles. The van der Waals surface area contributed by atoms with Gasteiger partial charge in [0, 0.05) is 40.0 Å². The third-order valence-electron chi connectivity index (χ3n) is 5.27. The molecule has 2 aromatic heterocycles.